The van der Waals surface area contributed by atoms with E-state index in [-0.39, 0.29) is 11.3 Å². The van der Waals surface area contributed by atoms with Crippen molar-refractivity contribution in [1.29, 1.82) is 0 Å². The van der Waals surface area contributed by atoms with Crippen molar-refractivity contribution in [3.05, 3.63) is 71.3 Å². The minimum absolute atomic E-state index is 0.231. The molecule has 0 heterocycles. The number of carboxylic acids is 1. The Bertz CT molecular complexity index is 818. The Morgan fingerprint density at radius 2 is 1.71 bits per heavy atom. The molecule has 0 unspecified atom stereocenters. The Hall–Kier alpha value is -3.12. The highest BCUT2D eigenvalue weighted by Crippen LogP contribution is 2.19. The van der Waals surface area contributed by atoms with E-state index in [9.17, 15) is 14.4 Å². The number of para-hydroxylation sites is 1. The SMILES string of the molecule is O=C(O)/C=C/C(=O)Nc1ccccc1C(=O)Nc1cccc(Cl)c1. The van der Waals surface area contributed by atoms with Crippen LogP contribution in [0, 0.1) is 0 Å². The summed E-state index contributed by atoms with van der Waals surface area (Å²) in [6.07, 6.45) is 1.58. The van der Waals surface area contributed by atoms with Crippen LogP contribution in [0.15, 0.2) is 60.7 Å². The molecule has 2 aromatic rings. The number of nitrogens with one attached hydrogen (secondary N) is 2. The zero-order valence-electron chi connectivity index (χ0n) is 12.3. The number of halogens is 1. The highest BCUT2D eigenvalue weighted by atomic mass is 35.5. The number of benzene rings is 2. The molecule has 0 aromatic heterocycles. The van der Waals surface area contributed by atoms with Gasteiger partial charge in [0, 0.05) is 22.9 Å². The minimum Gasteiger partial charge on any atom is -0.478 e. The number of aliphatic carboxylic acids is 1. The first kappa shape index (κ1) is 17.2. The standard InChI is InChI=1S/C17H13ClN2O4/c18-11-4-3-5-12(10-11)19-17(24)13-6-1-2-7-14(13)20-15(21)8-9-16(22)23/h1-10H,(H,19,24)(H,20,21)(H,22,23)/b9-8+. The van der Waals surface area contributed by atoms with Gasteiger partial charge in [-0.2, -0.15) is 0 Å². The Morgan fingerprint density at radius 1 is 0.958 bits per heavy atom. The normalized spacial score (nSPS) is 10.4. The monoisotopic (exact) mass is 344 g/mol. The first-order chi connectivity index (χ1) is 11.5. The molecule has 6 nitrogen and oxygen atoms in total. The number of carboxylic acid groups (broad SMARTS) is 1. The van der Waals surface area contributed by atoms with Crippen LogP contribution in [-0.2, 0) is 9.59 Å². The number of rotatable bonds is 5. The number of amides is 2. The fourth-order valence-electron chi connectivity index (χ4n) is 1.88. The molecule has 0 saturated carbocycles. The minimum atomic E-state index is -1.24. The van der Waals surface area contributed by atoms with E-state index in [1.54, 1.807) is 42.5 Å². The van der Waals surface area contributed by atoms with Crippen LogP contribution in [0.1, 0.15) is 10.4 Å². The van der Waals surface area contributed by atoms with Gasteiger partial charge in [-0.05, 0) is 30.3 Å². The molecule has 0 spiro atoms. The first-order valence-corrected chi connectivity index (χ1v) is 7.21. The Labute approximate surface area is 142 Å². The van der Waals surface area contributed by atoms with Gasteiger partial charge in [-0.25, -0.2) is 4.79 Å². The molecule has 0 radical (unpaired) electrons. The lowest BCUT2D eigenvalue weighted by Gasteiger charge is -2.10. The second kappa shape index (κ2) is 7.94. The molecule has 0 aliphatic carbocycles. The highest BCUT2D eigenvalue weighted by molar-refractivity contribution is 6.31. The molecule has 24 heavy (non-hydrogen) atoms. The smallest absolute Gasteiger partial charge is 0.328 e. The van der Waals surface area contributed by atoms with Crippen LogP contribution in [0.25, 0.3) is 0 Å². The topological polar surface area (TPSA) is 95.5 Å². The molecular weight excluding hydrogens is 332 g/mol. The third-order valence-electron chi connectivity index (χ3n) is 2.89. The lowest BCUT2D eigenvalue weighted by atomic mass is 10.1. The molecule has 7 heteroatoms. The van der Waals surface area contributed by atoms with E-state index >= 15 is 0 Å². The van der Waals surface area contributed by atoms with E-state index in [0.717, 1.165) is 6.08 Å². The fourth-order valence-corrected chi connectivity index (χ4v) is 2.07. The van der Waals surface area contributed by atoms with Gasteiger partial charge in [-0.3, -0.25) is 9.59 Å². The van der Waals surface area contributed by atoms with Crippen molar-refractivity contribution in [3.8, 4) is 0 Å². The Kier molecular flexibility index (Phi) is 5.70. The van der Waals surface area contributed by atoms with E-state index in [4.69, 9.17) is 16.7 Å². The maximum absolute atomic E-state index is 12.4. The van der Waals surface area contributed by atoms with Gasteiger partial charge >= 0.3 is 5.97 Å². The summed E-state index contributed by atoms with van der Waals surface area (Å²) in [5.74, 6) is -2.33. The van der Waals surface area contributed by atoms with Crippen LogP contribution in [0.2, 0.25) is 5.02 Å². The predicted molar refractivity (Wildman–Crippen MR) is 91.3 cm³/mol. The van der Waals surface area contributed by atoms with Crippen LogP contribution in [0.3, 0.4) is 0 Å². The number of hydrogen-bond donors (Lipinski definition) is 3. The second-order valence-corrected chi connectivity index (χ2v) is 5.11. The molecule has 122 valence electrons. The molecule has 0 bridgehead atoms. The van der Waals surface area contributed by atoms with Crippen LogP contribution >= 0.6 is 11.6 Å². The van der Waals surface area contributed by atoms with Crippen molar-refractivity contribution in [3.63, 3.8) is 0 Å². The average Bonchev–Trinajstić information content (AvgIpc) is 2.53. The molecular formula is C17H13ClN2O4. The summed E-state index contributed by atoms with van der Waals surface area (Å²) in [6, 6.07) is 13.0. The number of carbonyl (C=O) groups is 3. The van der Waals surface area contributed by atoms with Gasteiger partial charge in [0.05, 0.1) is 11.3 Å². The van der Waals surface area contributed by atoms with E-state index in [1.165, 1.54) is 6.07 Å². The third-order valence-corrected chi connectivity index (χ3v) is 3.12. The fraction of sp³-hybridized carbons (Fsp3) is 0. The summed E-state index contributed by atoms with van der Waals surface area (Å²) in [5, 5.41) is 14.1. The highest BCUT2D eigenvalue weighted by Gasteiger charge is 2.12. The predicted octanol–water partition coefficient (Wildman–Crippen LogP) is 3.17. The van der Waals surface area contributed by atoms with Crippen molar-refractivity contribution < 1.29 is 19.5 Å². The quantitative estimate of drug-likeness (QED) is 0.726. The van der Waals surface area contributed by atoms with E-state index in [1.807, 2.05) is 0 Å². The molecule has 3 N–H and O–H groups in total. The van der Waals surface area contributed by atoms with E-state index < -0.39 is 17.8 Å². The second-order valence-electron chi connectivity index (χ2n) is 4.67. The average molecular weight is 345 g/mol. The number of hydrogen-bond acceptors (Lipinski definition) is 3. The van der Waals surface area contributed by atoms with E-state index in [2.05, 4.69) is 10.6 Å². The molecule has 2 aromatic carbocycles. The maximum Gasteiger partial charge on any atom is 0.328 e. The lowest BCUT2D eigenvalue weighted by Crippen LogP contribution is -2.17. The van der Waals surface area contributed by atoms with Gasteiger partial charge in [0.2, 0.25) is 5.91 Å². The van der Waals surface area contributed by atoms with Crippen molar-refractivity contribution in [2.75, 3.05) is 10.6 Å². The summed E-state index contributed by atoms with van der Waals surface area (Å²) in [7, 11) is 0. The Morgan fingerprint density at radius 3 is 2.42 bits per heavy atom. The van der Waals surface area contributed by atoms with Crippen LogP contribution in [0.5, 0.6) is 0 Å². The van der Waals surface area contributed by atoms with Gasteiger partial charge in [0.25, 0.3) is 5.91 Å². The molecule has 0 atom stereocenters. The van der Waals surface area contributed by atoms with Crippen LogP contribution < -0.4 is 10.6 Å². The number of carbonyl (C=O) groups excluding carboxylic acids is 2. The molecule has 0 aliphatic rings. The van der Waals surface area contributed by atoms with Gasteiger partial charge in [-0.1, -0.05) is 29.8 Å². The van der Waals surface area contributed by atoms with Crippen LogP contribution in [-0.4, -0.2) is 22.9 Å². The summed E-state index contributed by atoms with van der Waals surface area (Å²) in [4.78, 5) is 34.5. The maximum atomic E-state index is 12.4. The molecule has 0 aliphatic heterocycles. The van der Waals surface area contributed by atoms with Crippen LogP contribution in [0.4, 0.5) is 11.4 Å². The van der Waals surface area contributed by atoms with Gasteiger partial charge in [0.15, 0.2) is 0 Å². The summed E-state index contributed by atoms with van der Waals surface area (Å²) in [5.41, 5.74) is 1.01. The largest absolute Gasteiger partial charge is 0.478 e. The van der Waals surface area contributed by atoms with Crippen molar-refractivity contribution >= 4 is 40.8 Å². The third kappa shape index (κ3) is 4.96. The molecule has 0 fully saturated rings. The molecule has 2 rings (SSSR count). The van der Waals surface area contributed by atoms with Crippen molar-refractivity contribution in [2.45, 2.75) is 0 Å². The van der Waals surface area contributed by atoms with E-state index in [0.29, 0.717) is 16.8 Å². The number of anilines is 2. The van der Waals surface area contributed by atoms with Crippen molar-refractivity contribution in [2.24, 2.45) is 0 Å². The van der Waals surface area contributed by atoms with Gasteiger partial charge in [0.1, 0.15) is 0 Å². The molecule has 0 saturated heterocycles. The Balaban J connectivity index is 2.17. The zero-order chi connectivity index (χ0) is 17.5. The first-order valence-electron chi connectivity index (χ1n) is 6.83. The zero-order valence-corrected chi connectivity index (χ0v) is 13.1. The van der Waals surface area contributed by atoms with Crippen molar-refractivity contribution in [1.82, 2.24) is 0 Å². The molecule has 2 amide bonds. The summed E-state index contributed by atoms with van der Waals surface area (Å²) < 4.78 is 0. The summed E-state index contributed by atoms with van der Waals surface area (Å²) >= 11 is 5.87. The van der Waals surface area contributed by atoms with Gasteiger partial charge in [-0.15, -0.1) is 0 Å². The summed E-state index contributed by atoms with van der Waals surface area (Å²) in [6.45, 7) is 0. The lowest BCUT2D eigenvalue weighted by molar-refractivity contribution is -0.131. The van der Waals surface area contributed by atoms with Gasteiger partial charge < -0.3 is 15.7 Å².